The lowest BCUT2D eigenvalue weighted by Gasteiger charge is -2.41. The van der Waals surface area contributed by atoms with Crippen LogP contribution in [0.15, 0.2) is 109 Å². The van der Waals surface area contributed by atoms with Gasteiger partial charge in [0.05, 0.1) is 22.6 Å². The van der Waals surface area contributed by atoms with Gasteiger partial charge in [-0.05, 0) is 42.0 Å². The van der Waals surface area contributed by atoms with Gasteiger partial charge in [0.1, 0.15) is 0 Å². The molecular formula is C29H24N2. The summed E-state index contributed by atoms with van der Waals surface area (Å²) in [5.74, 6) is 0. The Bertz CT molecular complexity index is 1400. The molecule has 31 heavy (non-hydrogen) atoms. The molecule has 0 saturated carbocycles. The predicted octanol–water partition coefficient (Wildman–Crippen LogP) is 7.74. The molecule has 6 rings (SSSR count). The van der Waals surface area contributed by atoms with E-state index in [0.717, 1.165) is 0 Å². The molecule has 0 atom stereocenters. The topological polar surface area (TPSA) is 8.17 Å². The second-order valence-corrected chi connectivity index (χ2v) is 8.70. The molecule has 0 saturated heterocycles. The van der Waals surface area contributed by atoms with Crippen molar-refractivity contribution in [3.05, 3.63) is 120 Å². The Morgan fingerprint density at radius 1 is 0.581 bits per heavy atom. The molecule has 0 radical (unpaired) electrons. The summed E-state index contributed by atoms with van der Waals surface area (Å²) >= 11 is 0. The summed E-state index contributed by atoms with van der Waals surface area (Å²) in [6, 6.07) is 39.1. The van der Waals surface area contributed by atoms with Gasteiger partial charge < -0.3 is 9.47 Å². The van der Waals surface area contributed by atoms with Gasteiger partial charge in [0.25, 0.3) is 0 Å². The number of aromatic nitrogens is 1. The highest BCUT2D eigenvalue weighted by molar-refractivity contribution is 6.04. The van der Waals surface area contributed by atoms with Crippen LogP contribution >= 0.6 is 0 Å². The van der Waals surface area contributed by atoms with Gasteiger partial charge in [0.15, 0.2) is 0 Å². The fraction of sp³-hybridized carbons (Fsp3) is 0.103. The molecule has 150 valence electrons. The van der Waals surface area contributed by atoms with Crippen LogP contribution in [0.25, 0.3) is 16.6 Å². The first-order chi connectivity index (χ1) is 15.2. The Morgan fingerprint density at radius 3 is 1.90 bits per heavy atom. The van der Waals surface area contributed by atoms with Crippen molar-refractivity contribution in [1.29, 1.82) is 0 Å². The molecule has 4 aromatic carbocycles. The fourth-order valence-corrected chi connectivity index (χ4v) is 5.16. The highest BCUT2D eigenvalue weighted by atomic mass is 15.2. The van der Waals surface area contributed by atoms with Gasteiger partial charge in [-0.3, -0.25) is 0 Å². The second kappa shape index (κ2) is 6.61. The quantitative estimate of drug-likeness (QED) is 0.294. The minimum atomic E-state index is -0.161. The Labute approximate surface area is 183 Å². The van der Waals surface area contributed by atoms with Crippen LogP contribution < -0.4 is 4.90 Å². The maximum atomic E-state index is 2.45. The van der Waals surface area contributed by atoms with Crippen LogP contribution in [0.2, 0.25) is 0 Å². The van der Waals surface area contributed by atoms with E-state index in [1.54, 1.807) is 0 Å². The number of nitrogens with zero attached hydrogens (tertiary/aromatic N) is 2. The van der Waals surface area contributed by atoms with E-state index in [1.165, 1.54) is 44.9 Å². The first kappa shape index (κ1) is 18.0. The van der Waals surface area contributed by atoms with E-state index in [9.17, 15) is 0 Å². The normalized spacial score (nSPS) is 14.3. The Balaban J connectivity index is 1.81. The lowest BCUT2D eigenvalue weighted by atomic mass is 9.76. The van der Waals surface area contributed by atoms with Gasteiger partial charge in [0.2, 0.25) is 0 Å². The van der Waals surface area contributed by atoms with E-state index in [4.69, 9.17) is 0 Å². The van der Waals surface area contributed by atoms with Crippen molar-refractivity contribution in [1.82, 2.24) is 4.57 Å². The molecule has 0 bridgehead atoms. The molecule has 1 aromatic heterocycles. The smallest absolute Gasteiger partial charge is 0.0763 e. The minimum Gasteiger partial charge on any atom is -0.311 e. The van der Waals surface area contributed by atoms with Crippen LogP contribution in [0.4, 0.5) is 17.1 Å². The van der Waals surface area contributed by atoms with Crippen LogP contribution in [0.3, 0.4) is 0 Å². The largest absolute Gasteiger partial charge is 0.311 e. The highest BCUT2D eigenvalue weighted by Crippen LogP contribution is 2.55. The lowest BCUT2D eigenvalue weighted by molar-refractivity contribution is 0.598. The number of para-hydroxylation sites is 4. The molecular weight excluding hydrogens is 376 g/mol. The Hall–Kier alpha value is -3.78. The highest BCUT2D eigenvalue weighted by Gasteiger charge is 2.41. The standard InChI is InChI=1S/C29H24N2/c1-29(2)24-18-10-12-20-26(24)30(21-13-5-3-6-14-21)27-23-17-9-11-19-25(23)31(28(27)29)22-15-7-4-8-16-22/h3-20H,1-2H3. The number of rotatable bonds is 2. The average Bonchev–Trinajstić information content (AvgIpc) is 3.17. The predicted molar refractivity (Wildman–Crippen MR) is 130 cm³/mol. The summed E-state index contributed by atoms with van der Waals surface area (Å²) in [4.78, 5) is 2.44. The number of anilines is 3. The first-order valence-corrected chi connectivity index (χ1v) is 10.8. The molecule has 0 unspecified atom stereocenters. The van der Waals surface area contributed by atoms with Crippen molar-refractivity contribution in [2.24, 2.45) is 0 Å². The summed E-state index contributed by atoms with van der Waals surface area (Å²) in [6.07, 6.45) is 0. The molecule has 2 heteroatoms. The van der Waals surface area contributed by atoms with Crippen LogP contribution in [-0.4, -0.2) is 4.57 Å². The van der Waals surface area contributed by atoms with Crippen molar-refractivity contribution in [2.75, 3.05) is 4.90 Å². The Morgan fingerprint density at radius 2 is 1.16 bits per heavy atom. The summed E-state index contributed by atoms with van der Waals surface area (Å²) in [7, 11) is 0. The maximum Gasteiger partial charge on any atom is 0.0763 e. The molecule has 0 aliphatic carbocycles. The number of hydrogen-bond donors (Lipinski definition) is 0. The molecule has 1 aliphatic rings. The third kappa shape index (κ3) is 2.51. The molecule has 0 spiro atoms. The second-order valence-electron chi connectivity index (χ2n) is 8.70. The van der Waals surface area contributed by atoms with Crippen LogP contribution in [0.1, 0.15) is 25.1 Å². The third-order valence-electron chi connectivity index (χ3n) is 6.51. The SMILES string of the molecule is CC1(C)c2ccccc2N(c2ccccc2)c2c1n(-c1ccccc1)c1ccccc21. The Kier molecular flexibility index (Phi) is 3.85. The molecule has 0 amide bonds. The average molecular weight is 401 g/mol. The zero-order valence-electron chi connectivity index (χ0n) is 17.8. The van der Waals surface area contributed by atoms with Crippen molar-refractivity contribution >= 4 is 28.0 Å². The van der Waals surface area contributed by atoms with Crippen LogP contribution in [-0.2, 0) is 5.41 Å². The van der Waals surface area contributed by atoms with Crippen LogP contribution in [0, 0.1) is 0 Å². The minimum absolute atomic E-state index is 0.161. The van der Waals surface area contributed by atoms with E-state index in [1.807, 2.05) is 0 Å². The summed E-state index contributed by atoms with van der Waals surface area (Å²) < 4.78 is 2.45. The molecule has 2 heterocycles. The van der Waals surface area contributed by atoms with Crippen molar-refractivity contribution in [3.63, 3.8) is 0 Å². The summed E-state index contributed by atoms with van der Waals surface area (Å²) in [5, 5.41) is 1.27. The number of benzene rings is 4. The van der Waals surface area contributed by atoms with Gasteiger partial charge in [-0.2, -0.15) is 0 Å². The molecule has 0 fully saturated rings. The maximum absolute atomic E-state index is 2.45. The van der Waals surface area contributed by atoms with E-state index >= 15 is 0 Å². The van der Waals surface area contributed by atoms with Gasteiger partial charge in [0, 0.05) is 22.2 Å². The molecule has 2 nitrogen and oxygen atoms in total. The molecule has 0 N–H and O–H groups in total. The zero-order valence-corrected chi connectivity index (χ0v) is 17.8. The molecule has 5 aromatic rings. The van der Waals surface area contributed by atoms with Crippen molar-refractivity contribution in [3.8, 4) is 5.69 Å². The number of hydrogen-bond acceptors (Lipinski definition) is 1. The van der Waals surface area contributed by atoms with E-state index in [-0.39, 0.29) is 5.41 Å². The third-order valence-corrected chi connectivity index (χ3v) is 6.51. The van der Waals surface area contributed by atoms with Crippen LogP contribution in [0.5, 0.6) is 0 Å². The van der Waals surface area contributed by atoms with Crippen molar-refractivity contribution in [2.45, 2.75) is 19.3 Å². The fourth-order valence-electron chi connectivity index (χ4n) is 5.16. The molecule has 1 aliphatic heterocycles. The van der Waals surface area contributed by atoms with Gasteiger partial charge in [-0.25, -0.2) is 0 Å². The number of fused-ring (bicyclic) bond motifs is 4. The monoisotopic (exact) mass is 400 g/mol. The summed E-state index contributed by atoms with van der Waals surface area (Å²) in [6.45, 7) is 4.70. The summed E-state index contributed by atoms with van der Waals surface area (Å²) in [5.41, 5.74) is 8.64. The van der Waals surface area contributed by atoms with Gasteiger partial charge in [-0.1, -0.05) is 86.6 Å². The van der Waals surface area contributed by atoms with Crippen molar-refractivity contribution < 1.29 is 0 Å². The van der Waals surface area contributed by atoms with E-state index in [2.05, 4.69) is 133 Å². The zero-order chi connectivity index (χ0) is 21.0. The van der Waals surface area contributed by atoms with E-state index in [0.29, 0.717) is 0 Å². The van der Waals surface area contributed by atoms with E-state index < -0.39 is 0 Å². The lowest BCUT2D eigenvalue weighted by Crippen LogP contribution is -2.32. The van der Waals surface area contributed by atoms with Gasteiger partial charge in [-0.15, -0.1) is 0 Å². The first-order valence-electron chi connectivity index (χ1n) is 10.8. The van der Waals surface area contributed by atoms with Gasteiger partial charge >= 0.3 is 0 Å².